The number of amides is 1. The third-order valence-corrected chi connectivity index (χ3v) is 3.66. The minimum Gasteiger partial charge on any atom is -0.457 e. The number of ether oxygens (including phenoxy) is 1. The lowest BCUT2D eigenvalue weighted by molar-refractivity contribution is -0.130. The SMILES string of the molecule is CC(OC(=O)c1ccco1)C(=O)NC1(C#N)CCCCC1. The summed E-state index contributed by atoms with van der Waals surface area (Å²) in [6, 6.07) is 5.22. The first-order valence-electron chi connectivity index (χ1n) is 7.04. The molecule has 1 atom stereocenters. The van der Waals surface area contributed by atoms with Gasteiger partial charge in [-0.3, -0.25) is 4.79 Å². The second-order valence-electron chi connectivity index (χ2n) is 5.27. The smallest absolute Gasteiger partial charge is 0.374 e. The quantitative estimate of drug-likeness (QED) is 0.858. The molecule has 0 bridgehead atoms. The Morgan fingerprint density at radius 2 is 2.14 bits per heavy atom. The van der Waals surface area contributed by atoms with Crippen LogP contribution in [-0.2, 0) is 9.53 Å². The Balaban J connectivity index is 1.93. The molecule has 1 aliphatic rings. The third-order valence-electron chi connectivity index (χ3n) is 3.66. The van der Waals surface area contributed by atoms with Crippen molar-refractivity contribution < 1.29 is 18.7 Å². The van der Waals surface area contributed by atoms with Gasteiger partial charge in [0.25, 0.3) is 5.91 Å². The van der Waals surface area contributed by atoms with Crippen molar-refractivity contribution in [3.63, 3.8) is 0 Å². The van der Waals surface area contributed by atoms with E-state index in [-0.39, 0.29) is 5.76 Å². The summed E-state index contributed by atoms with van der Waals surface area (Å²) in [6.45, 7) is 1.48. The zero-order chi connectivity index (χ0) is 15.3. The van der Waals surface area contributed by atoms with Gasteiger partial charge in [-0.25, -0.2) is 4.79 Å². The Morgan fingerprint density at radius 1 is 1.43 bits per heavy atom. The molecule has 1 fully saturated rings. The third kappa shape index (κ3) is 3.63. The van der Waals surface area contributed by atoms with Crippen LogP contribution < -0.4 is 5.32 Å². The first kappa shape index (κ1) is 15.1. The summed E-state index contributed by atoms with van der Waals surface area (Å²) < 4.78 is 9.94. The molecule has 21 heavy (non-hydrogen) atoms. The molecule has 0 spiro atoms. The molecule has 1 aromatic rings. The molecule has 6 heteroatoms. The average Bonchev–Trinajstić information content (AvgIpc) is 3.02. The molecule has 1 heterocycles. The maximum absolute atomic E-state index is 12.1. The summed E-state index contributed by atoms with van der Waals surface area (Å²) >= 11 is 0. The number of esters is 1. The van der Waals surface area contributed by atoms with Crippen molar-refractivity contribution in [2.45, 2.75) is 50.7 Å². The van der Waals surface area contributed by atoms with E-state index >= 15 is 0 Å². The average molecular weight is 290 g/mol. The molecule has 112 valence electrons. The number of furan rings is 1. The summed E-state index contributed by atoms with van der Waals surface area (Å²) in [5, 5.41) is 12.0. The predicted octanol–water partition coefficient (Wildman–Crippen LogP) is 2.17. The second kappa shape index (κ2) is 6.44. The van der Waals surface area contributed by atoms with Crippen LogP contribution in [-0.4, -0.2) is 23.5 Å². The van der Waals surface area contributed by atoms with Crippen LogP contribution in [0.1, 0.15) is 49.6 Å². The number of nitriles is 1. The fourth-order valence-electron chi connectivity index (χ4n) is 2.42. The lowest BCUT2D eigenvalue weighted by atomic mass is 9.83. The minimum atomic E-state index is -0.977. The lowest BCUT2D eigenvalue weighted by Crippen LogP contribution is -2.52. The number of nitrogens with one attached hydrogen (secondary N) is 1. The van der Waals surface area contributed by atoms with Crippen molar-refractivity contribution in [3.05, 3.63) is 24.2 Å². The van der Waals surface area contributed by atoms with Crippen LogP contribution in [0.15, 0.2) is 22.8 Å². The number of hydrogen-bond acceptors (Lipinski definition) is 5. The summed E-state index contributed by atoms with van der Waals surface area (Å²) in [4.78, 5) is 23.8. The summed E-state index contributed by atoms with van der Waals surface area (Å²) in [5.74, 6) is -1.11. The molecular weight excluding hydrogens is 272 g/mol. The fraction of sp³-hybridized carbons (Fsp3) is 0.533. The van der Waals surface area contributed by atoms with Gasteiger partial charge in [0.1, 0.15) is 5.54 Å². The van der Waals surface area contributed by atoms with Gasteiger partial charge < -0.3 is 14.5 Å². The maximum Gasteiger partial charge on any atom is 0.374 e. The molecule has 0 aromatic carbocycles. The van der Waals surface area contributed by atoms with Gasteiger partial charge in [0.05, 0.1) is 12.3 Å². The molecule has 1 aromatic heterocycles. The van der Waals surface area contributed by atoms with Gasteiger partial charge in [-0.15, -0.1) is 0 Å². The van der Waals surface area contributed by atoms with Crippen LogP contribution in [0.25, 0.3) is 0 Å². The Bertz CT molecular complexity index is 539. The predicted molar refractivity (Wildman–Crippen MR) is 73.2 cm³/mol. The van der Waals surface area contributed by atoms with Crippen molar-refractivity contribution in [1.29, 1.82) is 5.26 Å². The zero-order valence-corrected chi connectivity index (χ0v) is 11.9. The van der Waals surface area contributed by atoms with Gasteiger partial charge in [0, 0.05) is 0 Å². The van der Waals surface area contributed by atoms with E-state index < -0.39 is 23.5 Å². The molecule has 0 radical (unpaired) electrons. The topological polar surface area (TPSA) is 92.3 Å². The molecule has 6 nitrogen and oxygen atoms in total. The van der Waals surface area contributed by atoms with Gasteiger partial charge in [-0.05, 0) is 31.9 Å². The van der Waals surface area contributed by atoms with Crippen molar-refractivity contribution in [1.82, 2.24) is 5.32 Å². The van der Waals surface area contributed by atoms with Crippen molar-refractivity contribution in [2.24, 2.45) is 0 Å². The number of nitrogens with zero attached hydrogens (tertiary/aromatic N) is 1. The van der Waals surface area contributed by atoms with Crippen LogP contribution in [0.4, 0.5) is 0 Å². The highest BCUT2D eigenvalue weighted by Crippen LogP contribution is 2.27. The van der Waals surface area contributed by atoms with Crippen molar-refractivity contribution in [3.8, 4) is 6.07 Å². The Kier molecular flexibility index (Phi) is 4.63. The molecule has 0 saturated heterocycles. The Hall–Kier alpha value is -2.29. The van der Waals surface area contributed by atoms with Gasteiger partial charge >= 0.3 is 5.97 Å². The molecule has 1 aliphatic carbocycles. The minimum absolute atomic E-state index is 0.0438. The summed E-state index contributed by atoms with van der Waals surface area (Å²) in [7, 11) is 0. The van der Waals surface area contributed by atoms with Gasteiger partial charge in [0.2, 0.25) is 5.76 Å². The molecule has 2 rings (SSSR count). The van der Waals surface area contributed by atoms with Crippen LogP contribution in [0.5, 0.6) is 0 Å². The van der Waals surface area contributed by atoms with E-state index in [2.05, 4.69) is 11.4 Å². The van der Waals surface area contributed by atoms with E-state index in [0.29, 0.717) is 12.8 Å². The Labute approximate surface area is 123 Å². The second-order valence-corrected chi connectivity index (χ2v) is 5.27. The van der Waals surface area contributed by atoms with Gasteiger partial charge in [-0.1, -0.05) is 19.3 Å². The number of carbonyl (C=O) groups is 2. The zero-order valence-electron chi connectivity index (χ0n) is 11.9. The van der Waals surface area contributed by atoms with E-state index in [1.165, 1.54) is 19.3 Å². The van der Waals surface area contributed by atoms with E-state index in [1.54, 1.807) is 6.07 Å². The van der Waals surface area contributed by atoms with E-state index in [4.69, 9.17) is 9.15 Å². The number of hydrogen-bond donors (Lipinski definition) is 1. The van der Waals surface area contributed by atoms with E-state index in [1.807, 2.05) is 0 Å². The molecule has 1 unspecified atom stereocenters. The highest BCUT2D eigenvalue weighted by atomic mass is 16.6. The summed E-state index contributed by atoms with van der Waals surface area (Å²) in [5.41, 5.74) is -0.833. The van der Waals surface area contributed by atoms with Crippen LogP contribution in [0, 0.1) is 11.3 Å². The largest absolute Gasteiger partial charge is 0.457 e. The standard InChI is InChI=1S/C15H18N2O4/c1-11(21-14(19)12-6-5-9-20-12)13(18)17-15(10-16)7-3-2-4-8-15/h5-6,9,11H,2-4,7-8H2,1H3,(H,17,18). The molecule has 0 aliphatic heterocycles. The normalized spacial score (nSPS) is 18.3. The molecular formula is C15H18N2O4. The number of carbonyl (C=O) groups excluding carboxylic acids is 2. The molecule has 1 N–H and O–H groups in total. The van der Waals surface area contributed by atoms with Crippen LogP contribution in [0.2, 0.25) is 0 Å². The van der Waals surface area contributed by atoms with Crippen LogP contribution in [0.3, 0.4) is 0 Å². The van der Waals surface area contributed by atoms with Gasteiger partial charge in [-0.2, -0.15) is 5.26 Å². The highest BCUT2D eigenvalue weighted by Gasteiger charge is 2.35. The molecule has 1 amide bonds. The van der Waals surface area contributed by atoms with Crippen LogP contribution >= 0.6 is 0 Å². The van der Waals surface area contributed by atoms with E-state index in [0.717, 1.165) is 19.3 Å². The summed E-state index contributed by atoms with van der Waals surface area (Å²) in [6.07, 6.45) is 4.54. The number of rotatable bonds is 4. The highest BCUT2D eigenvalue weighted by molar-refractivity contribution is 5.90. The first-order valence-corrected chi connectivity index (χ1v) is 7.04. The monoisotopic (exact) mass is 290 g/mol. The maximum atomic E-state index is 12.1. The Morgan fingerprint density at radius 3 is 2.71 bits per heavy atom. The van der Waals surface area contributed by atoms with Crippen molar-refractivity contribution >= 4 is 11.9 Å². The fourth-order valence-corrected chi connectivity index (χ4v) is 2.42. The van der Waals surface area contributed by atoms with Crippen molar-refractivity contribution in [2.75, 3.05) is 0 Å². The van der Waals surface area contributed by atoms with Gasteiger partial charge in [0.15, 0.2) is 6.10 Å². The lowest BCUT2D eigenvalue weighted by Gasteiger charge is -2.32. The first-order chi connectivity index (χ1) is 10.1. The molecule has 1 saturated carbocycles. The van der Waals surface area contributed by atoms with E-state index in [9.17, 15) is 14.9 Å².